The second-order valence-electron chi connectivity index (χ2n) is 5.12. The molecule has 1 aromatic carbocycles. The lowest BCUT2D eigenvalue weighted by Crippen LogP contribution is -2.32. The first-order valence-corrected chi connectivity index (χ1v) is 7.07. The van der Waals surface area contributed by atoms with Gasteiger partial charge in [-0.15, -0.1) is 0 Å². The topological polar surface area (TPSA) is 71.8 Å². The van der Waals surface area contributed by atoms with Crippen molar-refractivity contribution < 1.29 is 26.7 Å². The highest BCUT2D eigenvalue weighted by molar-refractivity contribution is 5.89. The van der Waals surface area contributed by atoms with Gasteiger partial charge in [-0.25, -0.2) is 23.2 Å². The fraction of sp³-hybridized carbons (Fsp3) is 0.357. The first-order valence-electron chi connectivity index (χ1n) is 7.07. The molecule has 25 heavy (non-hydrogen) atoms. The van der Waals surface area contributed by atoms with Crippen molar-refractivity contribution in [1.82, 2.24) is 20.1 Å². The number of amides is 2. The maximum atomic E-state index is 13.6. The Morgan fingerprint density at radius 3 is 2.44 bits per heavy atom. The number of urea groups is 1. The molecule has 1 heterocycles. The number of benzene rings is 1. The van der Waals surface area contributed by atoms with Crippen molar-refractivity contribution in [2.45, 2.75) is 26.6 Å². The van der Waals surface area contributed by atoms with Gasteiger partial charge in [0.05, 0.1) is 17.8 Å². The molecule has 0 spiro atoms. The molecular formula is C14H14F5N5O. The van der Waals surface area contributed by atoms with Crippen LogP contribution in [0.2, 0.25) is 0 Å². The number of hydrogen-bond donors (Lipinski definition) is 2. The van der Waals surface area contributed by atoms with Gasteiger partial charge in [-0.2, -0.15) is 18.3 Å². The van der Waals surface area contributed by atoms with Gasteiger partial charge in [0.15, 0.2) is 0 Å². The first-order chi connectivity index (χ1) is 11.6. The van der Waals surface area contributed by atoms with E-state index in [4.69, 9.17) is 0 Å². The number of carbonyl (C=O) groups excluding carboxylic acids is 1. The summed E-state index contributed by atoms with van der Waals surface area (Å²) in [7, 11) is 0. The summed E-state index contributed by atoms with van der Waals surface area (Å²) in [5.74, 6) is -1.88. The number of nitrogens with zero attached hydrogens (tertiary/aromatic N) is 3. The number of aromatic nitrogens is 3. The Labute approximate surface area is 139 Å². The van der Waals surface area contributed by atoms with E-state index in [1.54, 1.807) is 13.8 Å². The molecule has 0 aliphatic carbocycles. The van der Waals surface area contributed by atoms with E-state index in [9.17, 15) is 26.7 Å². The van der Waals surface area contributed by atoms with Crippen LogP contribution in [0, 0.1) is 25.5 Å². The number of carbonyl (C=O) groups is 1. The van der Waals surface area contributed by atoms with Crippen molar-refractivity contribution in [1.29, 1.82) is 0 Å². The lowest BCUT2D eigenvalue weighted by atomic mass is 10.1. The number of nitrogens with one attached hydrogen (secondary N) is 2. The van der Waals surface area contributed by atoms with Gasteiger partial charge in [0.25, 0.3) is 0 Å². The number of anilines is 1. The van der Waals surface area contributed by atoms with Crippen molar-refractivity contribution in [2.24, 2.45) is 0 Å². The molecule has 0 radical (unpaired) electrons. The third kappa shape index (κ3) is 4.64. The summed E-state index contributed by atoms with van der Waals surface area (Å²) in [6.07, 6.45) is -5.03. The Morgan fingerprint density at radius 1 is 1.20 bits per heavy atom. The van der Waals surface area contributed by atoms with Crippen molar-refractivity contribution in [3.63, 3.8) is 0 Å². The van der Waals surface area contributed by atoms with E-state index < -0.39 is 35.1 Å². The summed E-state index contributed by atoms with van der Waals surface area (Å²) in [5, 5.41) is 8.38. The van der Waals surface area contributed by atoms with E-state index >= 15 is 0 Å². The number of rotatable bonds is 4. The van der Waals surface area contributed by atoms with Gasteiger partial charge >= 0.3 is 12.2 Å². The Bertz CT molecular complexity index is 787. The summed E-state index contributed by atoms with van der Waals surface area (Å²) in [6.45, 7) is 3.80. The monoisotopic (exact) mass is 363 g/mol. The van der Waals surface area contributed by atoms with E-state index in [0.717, 1.165) is 0 Å². The lowest BCUT2D eigenvalue weighted by Gasteiger charge is -2.12. The minimum Gasteiger partial charge on any atom is -0.336 e. The molecule has 0 aliphatic rings. The third-order valence-electron chi connectivity index (χ3n) is 3.18. The van der Waals surface area contributed by atoms with E-state index in [2.05, 4.69) is 15.4 Å². The zero-order valence-corrected chi connectivity index (χ0v) is 13.2. The van der Waals surface area contributed by atoms with E-state index in [1.165, 1.54) is 4.68 Å². The van der Waals surface area contributed by atoms with Crippen LogP contribution in [-0.4, -0.2) is 27.3 Å². The van der Waals surface area contributed by atoms with Crippen LogP contribution in [0.3, 0.4) is 0 Å². The van der Waals surface area contributed by atoms with Gasteiger partial charge in [-0.1, -0.05) is 0 Å². The highest BCUT2D eigenvalue weighted by atomic mass is 19.4. The van der Waals surface area contributed by atoms with Gasteiger partial charge in [-0.3, -0.25) is 0 Å². The SMILES string of the molecule is Cc1nc(C)n(CCNC(=O)Nc2cc(F)c(C(F)(F)F)cc2F)n1. The maximum absolute atomic E-state index is 13.6. The Morgan fingerprint density at radius 2 is 1.88 bits per heavy atom. The van der Waals surface area contributed by atoms with Crippen molar-refractivity contribution in [2.75, 3.05) is 11.9 Å². The highest BCUT2D eigenvalue weighted by Crippen LogP contribution is 2.33. The first kappa shape index (κ1) is 18.6. The molecule has 2 aromatic rings. The number of aryl methyl sites for hydroxylation is 2. The molecule has 11 heteroatoms. The Hall–Kier alpha value is -2.72. The molecule has 0 atom stereocenters. The molecule has 2 rings (SSSR count). The molecule has 0 saturated carbocycles. The minimum absolute atomic E-state index is 0.00745. The predicted octanol–water partition coefficient (Wildman–Crippen LogP) is 3.01. The number of hydrogen-bond acceptors (Lipinski definition) is 3. The Kier molecular flexibility index (Phi) is 5.24. The van der Waals surface area contributed by atoms with E-state index in [0.29, 0.717) is 11.6 Å². The molecule has 136 valence electrons. The molecule has 0 fully saturated rings. The minimum atomic E-state index is -5.03. The van der Waals surface area contributed by atoms with Crippen LogP contribution >= 0.6 is 0 Å². The van der Waals surface area contributed by atoms with E-state index in [-0.39, 0.29) is 25.2 Å². The van der Waals surface area contributed by atoms with Gasteiger partial charge in [0.2, 0.25) is 0 Å². The second-order valence-corrected chi connectivity index (χ2v) is 5.12. The maximum Gasteiger partial charge on any atom is 0.419 e. The average Bonchev–Trinajstić information content (AvgIpc) is 2.79. The van der Waals surface area contributed by atoms with Gasteiger partial charge in [0.1, 0.15) is 23.3 Å². The largest absolute Gasteiger partial charge is 0.419 e. The predicted molar refractivity (Wildman–Crippen MR) is 77.9 cm³/mol. The zero-order chi connectivity index (χ0) is 18.8. The summed E-state index contributed by atoms with van der Waals surface area (Å²) < 4.78 is 66.0. The standard InChI is InChI=1S/C14H14F5N5O/c1-7-21-8(2)24(23-7)4-3-20-13(25)22-12-6-10(15)9(5-11(12)16)14(17,18)19/h5-6H,3-4H2,1-2H3,(H2,20,22,25). The summed E-state index contributed by atoms with van der Waals surface area (Å²) in [5.41, 5.74) is -2.44. The second kappa shape index (κ2) is 7.03. The fourth-order valence-corrected chi connectivity index (χ4v) is 2.07. The van der Waals surface area contributed by atoms with Crippen molar-refractivity contribution >= 4 is 11.7 Å². The van der Waals surface area contributed by atoms with Crippen LogP contribution in [-0.2, 0) is 12.7 Å². The van der Waals surface area contributed by atoms with Gasteiger partial charge in [0, 0.05) is 12.6 Å². The third-order valence-corrected chi connectivity index (χ3v) is 3.18. The molecule has 0 saturated heterocycles. The van der Waals surface area contributed by atoms with Crippen LogP contribution in [0.4, 0.5) is 32.4 Å². The molecule has 0 aliphatic heterocycles. The van der Waals surface area contributed by atoms with Gasteiger partial charge in [-0.05, 0) is 19.9 Å². The molecule has 0 unspecified atom stereocenters. The fourth-order valence-electron chi connectivity index (χ4n) is 2.07. The van der Waals surface area contributed by atoms with E-state index in [1.807, 2.05) is 5.32 Å². The molecule has 6 nitrogen and oxygen atoms in total. The lowest BCUT2D eigenvalue weighted by molar-refractivity contribution is -0.140. The molecule has 2 N–H and O–H groups in total. The molecule has 1 aromatic heterocycles. The van der Waals surface area contributed by atoms with Crippen LogP contribution in [0.5, 0.6) is 0 Å². The average molecular weight is 363 g/mol. The number of alkyl halides is 3. The molecular weight excluding hydrogens is 349 g/mol. The van der Waals surface area contributed by atoms with Crippen LogP contribution in [0.1, 0.15) is 17.2 Å². The zero-order valence-electron chi connectivity index (χ0n) is 13.2. The summed E-state index contributed by atoms with van der Waals surface area (Å²) in [6, 6.07) is -0.623. The quantitative estimate of drug-likeness (QED) is 0.821. The van der Waals surface area contributed by atoms with Crippen molar-refractivity contribution in [3.05, 3.63) is 41.0 Å². The normalized spacial score (nSPS) is 11.5. The van der Waals surface area contributed by atoms with Crippen LogP contribution < -0.4 is 10.6 Å². The summed E-state index contributed by atoms with van der Waals surface area (Å²) >= 11 is 0. The molecule has 2 amide bonds. The smallest absolute Gasteiger partial charge is 0.336 e. The van der Waals surface area contributed by atoms with Crippen molar-refractivity contribution in [3.8, 4) is 0 Å². The molecule has 0 bridgehead atoms. The Balaban J connectivity index is 1.96. The van der Waals surface area contributed by atoms with Gasteiger partial charge < -0.3 is 10.6 Å². The van der Waals surface area contributed by atoms with Crippen LogP contribution in [0.25, 0.3) is 0 Å². The van der Waals surface area contributed by atoms with Crippen LogP contribution in [0.15, 0.2) is 12.1 Å². The summed E-state index contributed by atoms with van der Waals surface area (Å²) in [4.78, 5) is 15.7. The number of halogens is 5. The highest BCUT2D eigenvalue weighted by Gasteiger charge is 2.35.